The lowest BCUT2D eigenvalue weighted by Gasteiger charge is -2.22. The van der Waals surface area contributed by atoms with E-state index in [0.29, 0.717) is 23.1 Å². The first kappa shape index (κ1) is 20.8. The Bertz CT molecular complexity index is 973. The van der Waals surface area contributed by atoms with Gasteiger partial charge >= 0.3 is 0 Å². The quantitative estimate of drug-likeness (QED) is 0.567. The molecule has 0 bridgehead atoms. The molecule has 4 nitrogen and oxygen atoms in total. The number of anilines is 1. The van der Waals surface area contributed by atoms with Gasteiger partial charge in [-0.2, -0.15) is 0 Å². The number of rotatable bonds is 6. The molecule has 0 saturated carbocycles. The van der Waals surface area contributed by atoms with E-state index in [1.165, 1.54) is 11.3 Å². The second kappa shape index (κ2) is 8.60. The molecule has 0 aliphatic heterocycles. The van der Waals surface area contributed by atoms with E-state index in [1.807, 2.05) is 45.0 Å². The summed E-state index contributed by atoms with van der Waals surface area (Å²) in [6.07, 6.45) is 0.365. The van der Waals surface area contributed by atoms with Crippen molar-refractivity contribution in [1.29, 1.82) is 0 Å². The molecule has 0 fully saturated rings. The van der Waals surface area contributed by atoms with Gasteiger partial charge in [-0.1, -0.05) is 52.8 Å². The van der Waals surface area contributed by atoms with Crippen LogP contribution in [0.25, 0.3) is 10.2 Å². The number of amides is 1. The van der Waals surface area contributed by atoms with Crippen LogP contribution >= 0.6 is 22.9 Å². The van der Waals surface area contributed by atoms with Gasteiger partial charge in [0, 0.05) is 13.1 Å². The lowest BCUT2D eigenvalue weighted by molar-refractivity contribution is -0.118. The Morgan fingerprint density at radius 3 is 2.46 bits per heavy atom. The molecular formula is C22H26ClN3OS. The fourth-order valence-electron chi connectivity index (χ4n) is 3.08. The topological polar surface area (TPSA) is 36.4 Å². The summed E-state index contributed by atoms with van der Waals surface area (Å²) in [4.78, 5) is 21.9. The predicted octanol–water partition coefficient (Wildman–Crippen LogP) is 5.01. The Kier molecular flexibility index (Phi) is 6.38. The third-order valence-electron chi connectivity index (χ3n) is 4.84. The van der Waals surface area contributed by atoms with Crippen LogP contribution in [0.2, 0.25) is 5.02 Å². The van der Waals surface area contributed by atoms with Crippen molar-refractivity contribution in [1.82, 2.24) is 9.88 Å². The molecule has 0 atom stereocenters. The first-order valence-electron chi connectivity index (χ1n) is 9.33. The molecule has 6 heteroatoms. The number of aromatic nitrogens is 1. The Morgan fingerprint density at radius 1 is 1.07 bits per heavy atom. The molecule has 0 radical (unpaired) electrons. The Hall–Kier alpha value is -1.95. The molecule has 2 aromatic carbocycles. The van der Waals surface area contributed by atoms with Gasteiger partial charge in [0.25, 0.3) is 0 Å². The van der Waals surface area contributed by atoms with Gasteiger partial charge in [-0.25, -0.2) is 4.98 Å². The molecule has 148 valence electrons. The van der Waals surface area contributed by atoms with Crippen LogP contribution in [-0.4, -0.2) is 43.0 Å². The SMILES string of the molecule is Cc1ccc(C)c(CC(=O)N(CCN(C)C)c2nc3c(C)ccc(Cl)c3s2)c1. The van der Waals surface area contributed by atoms with Crippen LogP contribution in [0.3, 0.4) is 0 Å². The molecule has 3 aromatic rings. The van der Waals surface area contributed by atoms with Crippen LogP contribution in [0, 0.1) is 20.8 Å². The van der Waals surface area contributed by atoms with E-state index in [1.54, 1.807) is 0 Å². The number of nitrogens with zero attached hydrogens (tertiary/aromatic N) is 3. The molecule has 0 N–H and O–H groups in total. The van der Waals surface area contributed by atoms with Gasteiger partial charge in [0.05, 0.1) is 21.7 Å². The number of aryl methyl sites for hydroxylation is 3. The van der Waals surface area contributed by atoms with Crippen molar-refractivity contribution in [3.8, 4) is 0 Å². The van der Waals surface area contributed by atoms with Crippen LogP contribution in [0.15, 0.2) is 30.3 Å². The molecule has 0 aliphatic rings. The highest BCUT2D eigenvalue weighted by Crippen LogP contribution is 2.35. The number of carbonyl (C=O) groups is 1. The smallest absolute Gasteiger partial charge is 0.233 e. The highest BCUT2D eigenvalue weighted by molar-refractivity contribution is 7.23. The van der Waals surface area contributed by atoms with Crippen molar-refractivity contribution in [2.45, 2.75) is 27.2 Å². The molecule has 1 heterocycles. The number of hydrogen-bond acceptors (Lipinski definition) is 4. The summed E-state index contributed by atoms with van der Waals surface area (Å²) in [7, 11) is 4.01. The fourth-order valence-corrected chi connectivity index (χ4v) is 4.44. The minimum Gasteiger partial charge on any atom is -0.308 e. The van der Waals surface area contributed by atoms with E-state index < -0.39 is 0 Å². The van der Waals surface area contributed by atoms with Gasteiger partial charge < -0.3 is 4.90 Å². The van der Waals surface area contributed by atoms with Gasteiger partial charge in [0.15, 0.2) is 5.13 Å². The van der Waals surface area contributed by atoms with Crippen LogP contribution in [0.4, 0.5) is 5.13 Å². The number of fused-ring (bicyclic) bond motifs is 1. The minimum absolute atomic E-state index is 0.0587. The second-order valence-electron chi connectivity index (χ2n) is 7.49. The number of thiazole rings is 1. The molecule has 0 unspecified atom stereocenters. The van der Waals surface area contributed by atoms with Gasteiger partial charge in [0.2, 0.25) is 5.91 Å². The number of hydrogen-bond donors (Lipinski definition) is 0. The largest absolute Gasteiger partial charge is 0.308 e. The van der Waals surface area contributed by atoms with Gasteiger partial charge in [0.1, 0.15) is 0 Å². The highest BCUT2D eigenvalue weighted by atomic mass is 35.5. The van der Waals surface area contributed by atoms with E-state index >= 15 is 0 Å². The number of likely N-dealkylation sites (N-methyl/N-ethyl adjacent to an activating group) is 1. The summed E-state index contributed by atoms with van der Waals surface area (Å²) in [5.74, 6) is 0.0587. The van der Waals surface area contributed by atoms with Gasteiger partial charge in [-0.15, -0.1) is 0 Å². The minimum atomic E-state index is 0.0587. The Balaban J connectivity index is 1.96. The highest BCUT2D eigenvalue weighted by Gasteiger charge is 2.22. The maximum absolute atomic E-state index is 13.3. The molecule has 28 heavy (non-hydrogen) atoms. The van der Waals surface area contributed by atoms with Crippen molar-refractivity contribution in [2.75, 3.05) is 32.1 Å². The van der Waals surface area contributed by atoms with Crippen molar-refractivity contribution in [3.05, 3.63) is 57.6 Å². The molecule has 3 rings (SSSR count). The summed E-state index contributed by atoms with van der Waals surface area (Å²) in [5.41, 5.74) is 5.30. The van der Waals surface area contributed by atoms with Crippen molar-refractivity contribution in [2.24, 2.45) is 0 Å². The molecule has 1 amide bonds. The normalized spacial score (nSPS) is 11.4. The average Bonchev–Trinajstić information content (AvgIpc) is 3.07. The Labute approximate surface area is 175 Å². The molecule has 0 aliphatic carbocycles. The number of carbonyl (C=O) groups excluding carboxylic acids is 1. The van der Waals surface area contributed by atoms with E-state index in [2.05, 4.69) is 30.0 Å². The molecule has 0 spiro atoms. The fraction of sp³-hybridized carbons (Fsp3) is 0.364. The van der Waals surface area contributed by atoms with Crippen LogP contribution < -0.4 is 4.90 Å². The van der Waals surface area contributed by atoms with Gasteiger partial charge in [-0.3, -0.25) is 9.69 Å². The van der Waals surface area contributed by atoms with E-state index in [-0.39, 0.29) is 5.91 Å². The Morgan fingerprint density at radius 2 is 1.79 bits per heavy atom. The summed E-state index contributed by atoms with van der Waals surface area (Å²) in [5, 5.41) is 1.39. The zero-order valence-corrected chi connectivity index (χ0v) is 18.6. The first-order valence-corrected chi connectivity index (χ1v) is 10.5. The van der Waals surface area contributed by atoms with Gasteiger partial charge in [-0.05, 0) is 57.6 Å². The monoisotopic (exact) mass is 415 g/mol. The average molecular weight is 416 g/mol. The zero-order chi connectivity index (χ0) is 20.4. The predicted molar refractivity (Wildman–Crippen MR) is 120 cm³/mol. The van der Waals surface area contributed by atoms with Crippen LogP contribution in [0.1, 0.15) is 22.3 Å². The second-order valence-corrected chi connectivity index (χ2v) is 8.88. The lowest BCUT2D eigenvalue weighted by atomic mass is 10.0. The van der Waals surface area contributed by atoms with Crippen molar-refractivity contribution in [3.63, 3.8) is 0 Å². The van der Waals surface area contributed by atoms with Crippen molar-refractivity contribution >= 4 is 44.2 Å². The van der Waals surface area contributed by atoms with E-state index in [0.717, 1.165) is 39.0 Å². The zero-order valence-electron chi connectivity index (χ0n) is 17.0. The maximum Gasteiger partial charge on any atom is 0.233 e. The maximum atomic E-state index is 13.3. The summed E-state index contributed by atoms with van der Waals surface area (Å²) < 4.78 is 0.936. The lowest BCUT2D eigenvalue weighted by Crippen LogP contribution is -2.37. The van der Waals surface area contributed by atoms with Crippen LogP contribution in [0.5, 0.6) is 0 Å². The number of benzene rings is 2. The number of halogens is 1. The van der Waals surface area contributed by atoms with E-state index in [4.69, 9.17) is 16.6 Å². The summed E-state index contributed by atoms with van der Waals surface area (Å²) in [6, 6.07) is 10.1. The summed E-state index contributed by atoms with van der Waals surface area (Å²) >= 11 is 7.87. The van der Waals surface area contributed by atoms with Crippen LogP contribution in [-0.2, 0) is 11.2 Å². The standard InChI is InChI=1S/C22H26ClN3OS/c1-14-6-7-15(2)17(12-14)13-19(27)26(11-10-25(4)5)22-24-20-16(3)8-9-18(23)21(20)28-22/h6-9,12H,10-11,13H2,1-5H3. The first-order chi connectivity index (χ1) is 13.3. The van der Waals surface area contributed by atoms with E-state index in [9.17, 15) is 4.79 Å². The molecule has 0 saturated heterocycles. The molecule has 1 aromatic heterocycles. The van der Waals surface area contributed by atoms with Crippen molar-refractivity contribution < 1.29 is 4.79 Å². The summed E-state index contributed by atoms with van der Waals surface area (Å²) in [6.45, 7) is 7.47. The third-order valence-corrected chi connectivity index (χ3v) is 6.37. The third kappa shape index (κ3) is 4.54. The molecular weight excluding hydrogens is 390 g/mol.